The highest BCUT2D eigenvalue weighted by atomic mass is 16.5. The number of anilines is 1. The smallest absolute Gasteiger partial charge is 0.119 e. The summed E-state index contributed by atoms with van der Waals surface area (Å²) >= 11 is 0. The summed E-state index contributed by atoms with van der Waals surface area (Å²) < 4.78 is 5.09. The van der Waals surface area contributed by atoms with Crippen LogP contribution in [-0.4, -0.2) is 7.11 Å². The molecule has 0 aromatic heterocycles. The highest BCUT2D eigenvalue weighted by molar-refractivity contribution is 5.51. The number of allylic oxidation sites excluding steroid dienone is 2. The van der Waals surface area contributed by atoms with Crippen LogP contribution in [0.15, 0.2) is 48.8 Å². The van der Waals surface area contributed by atoms with Crippen molar-refractivity contribution in [3.05, 3.63) is 48.8 Å². The number of nitrogens with one attached hydrogen (secondary N) is 1. The minimum atomic E-state index is 0.866. The monoisotopic (exact) mass is 188 g/mol. The molecule has 0 amide bonds. The van der Waals surface area contributed by atoms with E-state index in [-0.39, 0.29) is 0 Å². The lowest BCUT2D eigenvalue weighted by Crippen LogP contribution is -2.29. The van der Waals surface area contributed by atoms with E-state index in [1.807, 2.05) is 53.8 Å². The van der Waals surface area contributed by atoms with Gasteiger partial charge in [0.05, 0.1) is 12.8 Å². The molecule has 0 saturated heterocycles. The Hall–Kier alpha value is -1.90. The summed E-state index contributed by atoms with van der Waals surface area (Å²) in [6, 6.07) is 7.86. The molecule has 0 unspecified atom stereocenters. The van der Waals surface area contributed by atoms with Gasteiger partial charge in [-0.2, -0.15) is 0 Å². The second kappa shape index (κ2) is 3.87. The fraction of sp³-hybridized carbons (Fsp3) is 0.0909. The molecule has 0 bridgehead atoms. The number of hydrazine groups is 1. The number of hydrogen-bond acceptors (Lipinski definition) is 3. The van der Waals surface area contributed by atoms with Gasteiger partial charge in [0.15, 0.2) is 0 Å². The first-order valence-corrected chi connectivity index (χ1v) is 4.43. The van der Waals surface area contributed by atoms with Crippen molar-refractivity contribution in [3.63, 3.8) is 0 Å². The second-order valence-corrected chi connectivity index (χ2v) is 2.90. The molecule has 0 spiro atoms. The van der Waals surface area contributed by atoms with Gasteiger partial charge in [0, 0.05) is 12.4 Å². The van der Waals surface area contributed by atoms with Crippen LogP contribution in [0, 0.1) is 0 Å². The van der Waals surface area contributed by atoms with E-state index in [9.17, 15) is 0 Å². The van der Waals surface area contributed by atoms with Crippen LogP contribution in [0.3, 0.4) is 0 Å². The number of methoxy groups -OCH3 is 1. The first-order valence-electron chi connectivity index (χ1n) is 4.43. The van der Waals surface area contributed by atoms with Crippen LogP contribution in [-0.2, 0) is 0 Å². The zero-order chi connectivity index (χ0) is 9.80. The zero-order valence-electron chi connectivity index (χ0n) is 7.97. The predicted octanol–water partition coefficient (Wildman–Crippen LogP) is 2.05. The first kappa shape index (κ1) is 8.69. The van der Waals surface area contributed by atoms with Crippen LogP contribution in [0.5, 0.6) is 5.75 Å². The maximum atomic E-state index is 5.09. The van der Waals surface area contributed by atoms with Crippen molar-refractivity contribution in [1.29, 1.82) is 0 Å². The summed E-state index contributed by atoms with van der Waals surface area (Å²) in [5, 5.41) is 1.93. The van der Waals surface area contributed by atoms with Crippen LogP contribution in [0.2, 0.25) is 0 Å². The summed E-state index contributed by atoms with van der Waals surface area (Å²) in [6.45, 7) is 0. The van der Waals surface area contributed by atoms with E-state index in [1.165, 1.54) is 0 Å². The van der Waals surface area contributed by atoms with Gasteiger partial charge in [0.1, 0.15) is 5.75 Å². The minimum absolute atomic E-state index is 0.866. The van der Waals surface area contributed by atoms with Gasteiger partial charge in [-0.05, 0) is 36.4 Å². The third-order valence-electron chi connectivity index (χ3n) is 2.01. The van der Waals surface area contributed by atoms with E-state index in [0.29, 0.717) is 0 Å². The second-order valence-electron chi connectivity index (χ2n) is 2.90. The quantitative estimate of drug-likeness (QED) is 0.768. The van der Waals surface area contributed by atoms with Crippen LogP contribution in [0.25, 0.3) is 0 Å². The Kier molecular flexibility index (Phi) is 2.40. The van der Waals surface area contributed by atoms with E-state index < -0.39 is 0 Å². The standard InChI is InChI=1S/C11H12N2O/c1-14-11-6-4-10(5-7-11)13-9-3-2-8-12-13/h2-9,12H,1H3. The molecule has 14 heavy (non-hydrogen) atoms. The van der Waals surface area contributed by atoms with E-state index in [1.54, 1.807) is 7.11 Å². The molecular weight excluding hydrogens is 176 g/mol. The summed E-state index contributed by atoms with van der Waals surface area (Å²) in [7, 11) is 1.66. The summed E-state index contributed by atoms with van der Waals surface area (Å²) in [6.07, 6.45) is 7.76. The van der Waals surface area contributed by atoms with E-state index in [0.717, 1.165) is 11.4 Å². The Morgan fingerprint density at radius 1 is 1.14 bits per heavy atom. The van der Waals surface area contributed by atoms with Crippen molar-refractivity contribution in [1.82, 2.24) is 5.43 Å². The minimum Gasteiger partial charge on any atom is -0.497 e. The molecule has 1 aliphatic rings. The van der Waals surface area contributed by atoms with Gasteiger partial charge in [-0.1, -0.05) is 0 Å². The normalized spacial score (nSPS) is 13.9. The van der Waals surface area contributed by atoms with Crippen molar-refractivity contribution in [2.75, 3.05) is 12.1 Å². The molecule has 1 aromatic rings. The van der Waals surface area contributed by atoms with Crippen LogP contribution in [0.4, 0.5) is 5.69 Å². The Bertz CT molecular complexity index is 354. The maximum absolute atomic E-state index is 5.09. The largest absolute Gasteiger partial charge is 0.497 e. The third-order valence-corrected chi connectivity index (χ3v) is 2.01. The fourth-order valence-corrected chi connectivity index (χ4v) is 1.26. The number of rotatable bonds is 2. The molecule has 0 aliphatic carbocycles. The lowest BCUT2D eigenvalue weighted by molar-refractivity contribution is 0.415. The highest BCUT2D eigenvalue weighted by Crippen LogP contribution is 2.18. The summed E-state index contributed by atoms with van der Waals surface area (Å²) in [5.74, 6) is 0.866. The molecule has 0 atom stereocenters. The average Bonchev–Trinajstić information content (AvgIpc) is 2.30. The molecule has 3 heteroatoms. The van der Waals surface area contributed by atoms with Gasteiger partial charge in [0.2, 0.25) is 0 Å². The predicted molar refractivity (Wildman–Crippen MR) is 56.9 cm³/mol. The van der Waals surface area contributed by atoms with E-state index >= 15 is 0 Å². The van der Waals surface area contributed by atoms with Crippen molar-refractivity contribution in [3.8, 4) is 5.75 Å². The Balaban J connectivity index is 2.16. The molecular formula is C11H12N2O. The third kappa shape index (κ3) is 1.71. The molecule has 1 heterocycles. The van der Waals surface area contributed by atoms with Crippen molar-refractivity contribution < 1.29 is 4.74 Å². The average molecular weight is 188 g/mol. The number of nitrogens with zero attached hydrogens (tertiary/aromatic N) is 1. The Morgan fingerprint density at radius 2 is 1.93 bits per heavy atom. The molecule has 1 N–H and O–H groups in total. The van der Waals surface area contributed by atoms with Crippen molar-refractivity contribution in [2.24, 2.45) is 0 Å². The van der Waals surface area contributed by atoms with Crippen molar-refractivity contribution in [2.45, 2.75) is 0 Å². The number of ether oxygens (including phenoxy) is 1. The van der Waals surface area contributed by atoms with Gasteiger partial charge in [0.25, 0.3) is 0 Å². The van der Waals surface area contributed by atoms with Crippen LogP contribution < -0.4 is 15.2 Å². The Labute approximate surface area is 83.3 Å². The molecule has 2 rings (SSSR count). The summed E-state index contributed by atoms with van der Waals surface area (Å²) in [4.78, 5) is 0. The molecule has 0 radical (unpaired) electrons. The van der Waals surface area contributed by atoms with Crippen LogP contribution in [0.1, 0.15) is 0 Å². The highest BCUT2D eigenvalue weighted by Gasteiger charge is 2.01. The summed E-state index contributed by atoms with van der Waals surface area (Å²) in [5.41, 5.74) is 4.17. The zero-order valence-corrected chi connectivity index (χ0v) is 7.97. The molecule has 0 fully saturated rings. The topological polar surface area (TPSA) is 24.5 Å². The number of hydrogen-bond donors (Lipinski definition) is 1. The van der Waals surface area contributed by atoms with Gasteiger partial charge in [-0.3, -0.25) is 5.01 Å². The van der Waals surface area contributed by atoms with Crippen LogP contribution >= 0.6 is 0 Å². The SMILES string of the molecule is COc1ccc(N2C=CC=CN2)cc1. The van der Waals surface area contributed by atoms with Gasteiger partial charge in [-0.15, -0.1) is 0 Å². The lowest BCUT2D eigenvalue weighted by atomic mass is 10.3. The van der Waals surface area contributed by atoms with Crippen molar-refractivity contribution >= 4 is 5.69 Å². The van der Waals surface area contributed by atoms with E-state index in [4.69, 9.17) is 4.74 Å². The fourth-order valence-electron chi connectivity index (χ4n) is 1.26. The number of benzene rings is 1. The maximum Gasteiger partial charge on any atom is 0.119 e. The van der Waals surface area contributed by atoms with Gasteiger partial charge >= 0.3 is 0 Å². The molecule has 3 nitrogen and oxygen atoms in total. The van der Waals surface area contributed by atoms with E-state index in [2.05, 4.69) is 5.43 Å². The lowest BCUT2D eigenvalue weighted by Gasteiger charge is -2.22. The molecule has 1 aromatic carbocycles. The Morgan fingerprint density at radius 3 is 2.50 bits per heavy atom. The molecule has 72 valence electrons. The molecule has 1 aliphatic heterocycles. The first-order chi connectivity index (χ1) is 6.90. The van der Waals surface area contributed by atoms with Gasteiger partial charge < -0.3 is 10.2 Å². The molecule has 0 saturated carbocycles. The van der Waals surface area contributed by atoms with Gasteiger partial charge in [-0.25, -0.2) is 0 Å².